The average molecular weight is 305 g/mol. The molecular formula is C23H29. The van der Waals surface area contributed by atoms with Crippen molar-refractivity contribution in [2.45, 2.75) is 65.2 Å². The van der Waals surface area contributed by atoms with Crippen LogP contribution >= 0.6 is 0 Å². The van der Waals surface area contributed by atoms with Crippen molar-refractivity contribution in [1.29, 1.82) is 0 Å². The van der Waals surface area contributed by atoms with E-state index < -0.39 is 0 Å². The molecule has 2 aromatic rings. The van der Waals surface area contributed by atoms with E-state index in [-0.39, 0.29) is 0 Å². The number of aryl methyl sites for hydroxylation is 1. The third-order valence-corrected chi connectivity index (χ3v) is 5.08. The maximum absolute atomic E-state index is 2.43. The van der Waals surface area contributed by atoms with E-state index in [1.165, 1.54) is 73.6 Å². The molecule has 0 heteroatoms. The molecule has 0 nitrogen and oxygen atoms in total. The Hall–Kier alpha value is -1.56. The molecule has 2 aromatic carbocycles. The average Bonchev–Trinajstić information content (AvgIpc) is 2.95. The predicted octanol–water partition coefficient (Wildman–Crippen LogP) is 6.73. The summed E-state index contributed by atoms with van der Waals surface area (Å²) < 4.78 is 0. The quantitative estimate of drug-likeness (QED) is 0.405. The molecule has 0 N–H and O–H groups in total. The summed E-state index contributed by atoms with van der Waals surface area (Å²) in [6, 6.07) is 13.6. The fraction of sp³-hybridized carbons (Fsp3) is 0.435. The summed E-state index contributed by atoms with van der Waals surface area (Å²) in [5.74, 6) is 0. The van der Waals surface area contributed by atoms with Crippen molar-refractivity contribution in [1.82, 2.24) is 0 Å². The Morgan fingerprint density at radius 3 is 2.22 bits per heavy atom. The zero-order valence-corrected chi connectivity index (χ0v) is 14.7. The van der Waals surface area contributed by atoms with Gasteiger partial charge in [-0.2, -0.15) is 0 Å². The number of hydrogen-bond donors (Lipinski definition) is 0. The first-order valence-electron chi connectivity index (χ1n) is 9.44. The van der Waals surface area contributed by atoms with Gasteiger partial charge in [-0.3, -0.25) is 0 Å². The summed E-state index contributed by atoms with van der Waals surface area (Å²) in [7, 11) is 0. The highest BCUT2D eigenvalue weighted by Gasteiger charge is 2.22. The van der Waals surface area contributed by atoms with Gasteiger partial charge in [0.25, 0.3) is 0 Å². The van der Waals surface area contributed by atoms with Gasteiger partial charge in [0.05, 0.1) is 0 Å². The van der Waals surface area contributed by atoms with Crippen LogP contribution in [-0.4, -0.2) is 0 Å². The van der Waals surface area contributed by atoms with Gasteiger partial charge < -0.3 is 0 Å². The Kier molecular flexibility index (Phi) is 5.54. The maximum Gasteiger partial charge on any atom is 0.0214 e. The van der Waals surface area contributed by atoms with Gasteiger partial charge in [-0.15, -0.1) is 0 Å². The topological polar surface area (TPSA) is 0 Å². The highest BCUT2D eigenvalue weighted by atomic mass is 14.3. The molecule has 3 rings (SSSR count). The second-order valence-electron chi connectivity index (χ2n) is 6.81. The standard InChI is InChI=1S/C23H29/c1-3-5-7-11-18-15-16-22-21-14-10-9-12-19(21)17-23(22)20(18)13-8-6-4-2/h9-10,12,14-17H,3-8,11,13H2,1-2H3. The molecular weight excluding hydrogens is 276 g/mol. The summed E-state index contributed by atoms with van der Waals surface area (Å²) in [5, 5.41) is 0. The number of rotatable bonds is 8. The van der Waals surface area contributed by atoms with E-state index in [0.717, 1.165) is 0 Å². The molecule has 0 fully saturated rings. The minimum atomic E-state index is 1.24. The summed E-state index contributed by atoms with van der Waals surface area (Å²) in [6.45, 7) is 4.58. The summed E-state index contributed by atoms with van der Waals surface area (Å²) in [5.41, 5.74) is 8.99. The van der Waals surface area contributed by atoms with E-state index in [2.05, 4.69) is 56.7 Å². The largest absolute Gasteiger partial charge is 0.0654 e. The molecule has 0 aliphatic heterocycles. The van der Waals surface area contributed by atoms with Crippen molar-refractivity contribution in [2.24, 2.45) is 0 Å². The molecule has 0 aromatic heterocycles. The van der Waals surface area contributed by atoms with Gasteiger partial charge in [0.2, 0.25) is 0 Å². The van der Waals surface area contributed by atoms with Gasteiger partial charge >= 0.3 is 0 Å². The third kappa shape index (κ3) is 3.52. The lowest BCUT2D eigenvalue weighted by Gasteiger charge is -2.15. The molecule has 1 aliphatic rings. The molecule has 1 aliphatic carbocycles. The molecule has 0 unspecified atom stereocenters. The van der Waals surface area contributed by atoms with Crippen LogP contribution in [-0.2, 0) is 12.8 Å². The summed E-state index contributed by atoms with van der Waals surface area (Å²) in [4.78, 5) is 0. The Morgan fingerprint density at radius 1 is 0.696 bits per heavy atom. The normalized spacial score (nSPS) is 12.3. The Balaban J connectivity index is 1.91. The molecule has 0 heterocycles. The Bertz CT molecular complexity index is 651. The van der Waals surface area contributed by atoms with E-state index in [1.54, 1.807) is 11.1 Å². The maximum atomic E-state index is 2.43. The Morgan fingerprint density at radius 2 is 1.43 bits per heavy atom. The predicted molar refractivity (Wildman–Crippen MR) is 101 cm³/mol. The van der Waals surface area contributed by atoms with E-state index in [9.17, 15) is 0 Å². The molecule has 0 saturated heterocycles. The van der Waals surface area contributed by atoms with Gasteiger partial charge in [-0.1, -0.05) is 75.9 Å². The van der Waals surface area contributed by atoms with Crippen molar-refractivity contribution in [2.75, 3.05) is 0 Å². The van der Waals surface area contributed by atoms with Crippen molar-refractivity contribution in [3.63, 3.8) is 0 Å². The van der Waals surface area contributed by atoms with E-state index in [0.29, 0.717) is 0 Å². The minimum absolute atomic E-state index is 1.24. The van der Waals surface area contributed by atoms with E-state index in [4.69, 9.17) is 0 Å². The zero-order chi connectivity index (χ0) is 16.1. The molecule has 23 heavy (non-hydrogen) atoms. The lowest BCUT2D eigenvalue weighted by Crippen LogP contribution is -2.00. The number of hydrogen-bond acceptors (Lipinski definition) is 0. The molecule has 0 atom stereocenters. The van der Waals surface area contributed by atoms with Gasteiger partial charge in [-0.05, 0) is 59.1 Å². The number of fused-ring (bicyclic) bond motifs is 3. The first-order chi connectivity index (χ1) is 11.3. The molecule has 0 spiro atoms. The molecule has 0 amide bonds. The highest BCUT2D eigenvalue weighted by Crippen LogP contribution is 2.41. The van der Waals surface area contributed by atoms with E-state index >= 15 is 0 Å². The number of benzene rings is 2. The van der Waals surface area contributed by atoms with Crippen LogP contribution in [0.4, 0.5) is 0 Å². The van der Waals surface area contributed by atoms with Crippen molar-refractivity contribution in [3.05, 3.63) is 65.1 Å². The third-order valence-electron chi connectivity index (χ3n) is 5.08. The Labute approximate surface area is 141 Å². The van der Waals surface area contributed by atoms with Gasteiger partial charge in [-0.25, -0.2) is 0 Å². The van der Waals surface area contributed by atoms with Crippen LogP contribution in [0.5, 0.6) is 0 Å². The van der Waals surface area contributed by atoms with E-state index in [1.807, 2.05) is 0 Å². The lowest BCUT2D eigenvalue weighted by atomic mass is 9.90. The van der Waals surface area contributed by atoms with Crippen LogP contribution < -0.4 is 0 Å². The SMILES string of the molecule is CCCCCc1ccc2c(c1CCCCC)[CH]c1ccccc1-2. The van der Waals surface area contributed by atoms with Crippen LogP contribution in [0.3, 0.4) is 0 Å². The minimum Gasteiger partial charge on any atom is -0.0654 e. The van der Waals surface area contributed by atoms with Crippen molar-refractivity contribution in [3.8, 4) is 11.1 Å². The lowest BCUT2D eigenvalue weighted by molar-refractivity contribution is 0.692. The monoisotopic (exact) mass is 305 g/mol. The van der Waals surface area contributed by atoms with Gasteiger partial charge in [0.15, 0.2) is 0 Å². The van der Waals surface area contributed by atoms with Crippen LogP contribution in [0.2, 0.25) is 0 Å². The zero-order valence-electron chi connectivity index (χ0n) is 14.7. The van der Waals surface area contributed by atoms with Crippen LogP contribution in [0.1, 0.15) is 74.6 Å². The molecule has 121 valence electrons. The molecule has 0 bridgehead atoms. The summed E-state index contributed by atoms with van der Waals surface area (Å²) in [6.07, 6.45) is 12.8. The fourth-order valence-corrected chi connectivity index (χ4v) is 3.78. The highest BCUT2D eigenvalue weighted by molar-refractivity contribution is 5.82. The van der Waals surface area contributed by atoms with Gasteiger partial charge in [0.1, 0.15) is 0 Å². The fourth-order valence-electron chi connectivity index (χ4n) is 3.78. The first kappa shape index (κ1) is 16.3. The summed E-state index contributed by atoms with van der Waals surface area (Å²) >= 11 is 0. The second kappa shape index (κ2) is 7.81. The number of unbranched alkanes of at least 4 members (excludes halogenated alkanes) is 4. The van der Waals surface area contributed by atoms with Crippen LogP contribution in [0.15, 0.2) is 36.4 Å². The van der Waals surface area contributed by atoms with Crippen LogP contribution in [0, 0.1) is 6.42 Å². The smallest absolute Gasteiger partial charge is 0.0214 e. The van der Waals surface area contributed by atoms with Crippen LogP contribution in [0.25, 0.3) is 11.1 Å². The molecule has 0 saturated carbocycles. The van der Waals surface area contributed by atoms with Crippen molar-refractivity contribution < 1.29 is 0 Å². The molecule has 1 radical (unpaired) electrons. The second-order valence-corrected chi connectivity index (χ2v) is 6.81. The van der Waals surface area contributed by atoms with Crippen molar-refractivity contribution >= 4 is 0 Å². The first-order valence-corrected chi connectivity index (χ1v) is 9.44. The van der Waals surface area contributed by atoms with Gasteiger partial charge in [0, 0.05) is 6.42 Å².